The number of nitrogens with zero attached hydrogens (tertiary/aromatic N) is 6. The molecule has 4 atom stereocenters. The van der Waals surface area contributed by atoms with Crippen molar-refractivity contribution in [3.63, 3.8) is 0 Å². The fourth-order valence-electron chi connectivity index (χ4n) is 5.73. The first-order valence-corrected chi connectivity index (χ1v) is 14.4. The molecule has 0 spiro atoms. The first-order chi connectivity index (χ1) is 20.4. The lowest BCUT2D eigenvalue weighted by Crippen LogP contribution is -2.27. The zero-order valence-corrected chi connectivity index (χ0v) is 24.1. The molecule has 0 saturated carbocycles. The topological polar surface area (TPSA) is 122 Å². The quantitative estimate of drug-likeness (QED) is 0.234. The van der Waals surface area contributed by atoms with Crippen molar-refractivity contribution >= 4 is 28.6 Å². The van der Waals surface area contributed by atoms with Crippen LogP contribution in [0.25, 0.3) is 11.2 Å². The van der Waals surface area contributed by atoms with Crippen molar-refractivity contribution in [3.8, 4) is 0 Å². The highest BCUT2D eigenvalue weighted by molar-refractivity contribution is 6.28. The molecular formula is C30H30ClN7O4. The summed E-state index contributed by atoms with van der Waals surface area (Å²) >= 11 is 6.48. The number of aryl methyl sites for hydroxylation is 1. The van der Waals surface area contributed by atoms with Crippen LogP contribution >= 0.6 is 11.6 Å². The number of rotatable bonds is 8. The van der Waals surface area contributed by atoms with Crippen molar-refractivity contribution < 1.29 is 18.7 Å². The third-order valence-electron chi connectivity index (χ3n) is 7.62. The molecule has 2 aromatic carbocycles. The van der Waals surface area contributed by atoms with Gasteiger partial charge in [0.1, 0.15) is 12.2 Å². The molecule has 0 aliphatic carbocycles. The summed E-state index contributed by atoms with van der Waals surface area (Å²) in [5.41, 5.74) is 3.44. The van der Waals surface area contributed by atoms with E-state index in [0.717, 1.165) is 0 Å². The number of nitrogens with one attached hydrogen (secondary N) is 1. The van der Waals surface area contributed by atoms with Gasteiger partial charge in [-0.05, 0) is 36.6 Å². The minimum Gasteiger partial charge on any atom is -0.367 e. The van der Waals surface area contributed by atoms with Crippen LogP contribution < -0.4 is 5.32 Å². The normalized spacial score (nSPS) is 23.1. The van der Waals surface area contributed by atoms with E-state index in [-0.39, 0.29) is 11.2 Å². The first kappa shape index (κ1) is 27.0. The number of imidazole rings is 1. The number of hydrogen-bond donors (Lipinski definition) is 1. The maximum atomic E-state index is 6.48. The number of aromatic nitrogens is 6. The summed E-state index contributed by atoms with van der Waals surface area (Å²) in [6.45, 7) is 6.26. The second-order valence-corrected chi connectivity index (χ2v) is 11.2. The SMILES string of the molecule is CCc1nc([C@H]2O[C@@H](n3cnc4c(NCC(c5ccccc5)c5ccccc5)nc(Cl)nc43)[C@@H]3OC(C)(C)O[C@@H]32)no1. The number of benzene rings is 2. The van der Waals surface area contributed by atoms with Crippen molar-refractivity contribution in [1.82, 2.24) is 29.7 Å². The Labute approximate surface area is 247 Å². The average Bonchev–Trinajstić information content (AvgIpc) is 3.77. The van der Waals surface area contributed by atoms with E-state index in [0.29, 0.717) is 41.7 Å². The van der Waals surface area contributed by atoms with Gasteiger partial charge in [0.15, 0.2) is 35.1 Å². The van der Waals surface area contributed by atoms with Gasteiger partial charge in [0.25, 0.3) is 0 Å². The Morgan fingerprint density at radius 3 is 2.31 bits per heavy atom. The van der Waals surface area contributed by atoms with Crippen molar-refractivity contribution in [3.05, 3.63) is 95.1 Å². The van der Waals surface area contributed by atoms with E-state index >= 15 is 0 Å². The summed E-state index contributed by atoms with van der Waals surface area (Å²) in [6, 6.07) is 20.7. The summed E-state index contributed by atoms with van der Waals surface area (Å²) in [6.07, 6.45) is 0.117. The van der Waals surface area contributed by atoms with Crippen molar-refractivity contribution in [2.24, 2.45) is 0 Å². The smallest absolute Gasteiger partial charge is 0.226 e. The monoisotopic (exact) mass is 587 g/mol. The number of ether oxygens (including phenoxy) is 3. The van der Waals surface area contributed by atoms with Crippen molar-refractivity contribution in [2.45, 2.75) is 63.4 Å². The molecular weight excluding hydrogens is 558 g/mol. The zero-order chi connectivity index (χ0) is 28.8. The lowest BCUT2D eigenvalue weighted by Gasteiger charge is -2.24. The largest absolute Gasteiger partial charge is 0.367 e. The third kappa shape index (κ3) is 4.92. The fraction of sp³-hybridized carbons (Fsp3) is 0.367. The molecule has 0 radical (unpaired) electrons. The summed E-state index contributed by atoms with van der Waals surface area (Å²) in [5.74, 6) is 0.720. The molecule has 2 fully saturated rings. The maximum Gasteiger partial charge on any atom is 0.226 e. The summed E-state index contributed by atoms with van der Waals surface area (Å²) in [5, 5.41) is 7.72. The Hall–Kier alpha value is -3.90. The van der Waals surface area contributed by atoms with E-state index in [1.54, 1.807) is 6.33 Å². The molecule has 0 amide bonds. The van der Waals surface area contributed by atoms with Gasteiger partial charge in [0.2, 0.25) is 17.0 Å². The summed E-state index contributed by atoms with van der Waals surface area (Å²) in [7, 11) is 0. The van der Waals surface area contributed by atoms with Gasteiger partial charge in [-0.1, -0.05) is 72.7 Å². The molecule has 1 N–H and O–H groups in total. The minimum absolute atomic E-state index is 0.0761. The summed E-state index contributed by atoms with van der Waals surface area (Å²) < 4.78 is 26.2. The van der Waals surface area contributed by atoms with Crippen LogP contribution in [-0.2, 0) is 20.6 Å². The fourth-order valence-corrected chi connectivity index (χ4v) is 5.90. The summed E-state index contributed by atoms with van der Waals surface area (Å²) in [4.78, 5) is 18.2. The van der Waals surface area contributed by atoms with Gasteiger partial charge < -0.3 is 24.1 Å². The molecule has 2 aliphatic heterocycles. The first-order valence-electron chi connectivity index (χ1n) is 14.0. The standard InChI is InChI=1S/C30H30ClN7O4/c1-4-20-34-26(37-42-20)23-22-24(41-30(2,3)40-22)28(39-23)38-16-33-21-25(35-29(31)36-27(21)38)32-15-19(17-11-7-5-8-12-17)18-13-9-6-10-14-18/h5-14,16,19,22-24,28H,4,15H2,1-3H3,(H,32,35,36)/t22-,23+,24-,28-/m1/s1. The van der Waals surface area contributed by atoms with E-state index < -0.39 is 30.3 Å². The van der Waals surface area contributed by atoms with E-state index in [4.69, 9.17) is 30.3 Å². The second kappa shape index (κ2) is 10.7. The zero-order valence-electron chi connectivity index (χ0n) is 23.3. The molecule has 7 rings (SSSR count). The van der Waals surface area contributed by atoms with Crippen LogP contribution in [0, 0.1) is 0 Å². The molecule has 42 heavy (non-hydrogen) atoms. The van der Waals surface area contributed by atoms with Gasteiger partial charge >= 0.3 is 0 Å². The third-order valence-corrected chi connectivity index (χ3v) is 7.78. The Balaban J connectivity index is 1.21. The Bertz CT molecular complexity index is 1650. The van der Waals surface area contributed by atoms with Gasteiger partial charge in [0.05, 0.1) is 6.33 Å². The van der Waals surface area contributed by atoms with E-state index in [9.17, 15) is 0 Å². The van der Waals surface area contributed by atoms with Gasteiger partial charge in [-0.25, -0.2) is 4.98 Å². The van der Waals surface area contributed by atoms with Crippen LogP contribution in [0.5, 0.6) is 0 Å². The van der Waals surface area contributed by atoms with Crippen LogP contribution in [0.2, 0.25) is 5.28 Å². The van der Waals surface area contributed by atoms with Gasteiger partial charge in [-0.3, -0.25) is 4.57 Å². The Morgan fingerprint density at radius 2 is 1.64 bits per heavy atom. The van der Waals surface area contributed by atoms with E-state index in [1.807, 2.05) is 61.7 Å². The highest BCUT2D eigenvalue weighted by atomic mass is 35.5. The molecule has 11 nitrogen and oxygen atoms in total. The maximum absolute atomic E-state index is 6.48. The number of fused-ring (bicyclic) bond motifs is 2. The predicted octanol–water partition coefficient (Wildman–Crippen LogP) is 5.46. The van der Waals surface area contributed by atoms with E-state index in [2.05, 4.69) is 54.7 Å². The van der Waals surface area contributed by atoms with Crippen LogP contribution in [0.15, 0.2) is 71.5 Å². The van der Waals surface area contributed by atoms with Crippen molar-refractivity contribution in [2.75, 3.05) is 11.9 Å². The van der Waals surface area contributed by atoms with Gasteiger partial charge in [-0.15, -0.1) is 0 Å². The van der Waals surface area contributed by atoms with Crippen LogP contribution in [0.4, 0.5) is 5.82 Å². The average molecular weight is 588 g/mol. The van der Waals surface area contributed by atoms with Crippen molar-refractivity contribution in [1.29, 1.82) is 0 Å². The van der Waals surface area contributed by atoms with Crippen LogP contribution in [0.3, 0.4) is 0 Å². The molecule has 216 valence electrons. The number of anilines is 1. The highest BCUT2D eigenvalue weighted by Gasteiger charge is 2.58. The molecule has 0 bridgehead atoms. The Morgan fingerprint density at radius 1 is 0.952 bits per heavy atom. The molecule has 0 unspecified atom stereocenters. The Kier molecular flexibility index (Phi) is 6.89. The lowest BCUT2D eigenvalue weighted by molar-refractivity contribution is -0.198. The van der Waals surface area contributed by atoms with E-state index in [1.165, 1.54) is 11.1 Å². The highest BCUT2D eigenvalue weighted by Crippen LogP contribution is 2.49. The minimum atomic E-state index is -0.827. The molecule has 3 aromatic heterocycles. The van der Waals surface area contributed by atoms with Gasteiger partial charge in [-0.2, -0.15) is 15.0 Å². The molecule has 12 heteroatoms. The van der Waals surface area contributed by atoms with Crippen LogP contribution in [-0.4, -0.2) is 54.2 Å². The molecule has 2 saturated heterocycles. The molecule has 2 aliphatic rings. The lowest BCUT2D eigenvalue weighted by atomic mass is 9.91. The van der Waals surface area contributed by atoms with Crippen LogP contribution in [0.1, 0.15) is 61.9 Å². The number of hydrogen-bond acceptors (Lipinski definition) is 10. The number of halogens is 1. The molecule has 5 aromatic rings. The predicted molar refractivity (Wildman–Crippen MR) is 154 cm³/mol. The molecule has 5 heterocycles. The second-order valence-electron chi connectivity index (χ2n) is 10.8. The van der Waals surface area contributed by atoms with Gasteiger partial charge in [0, 0.05) is 18.9 Å².